The van der Waals surface area contributed by atoms with E-state index in [1.54, 1.807) is 0 Å². The summed E-state index contributed by atoms with van der Waals surface area (Å²) in [4.78, 5) is 27.3. The van der Waals surface area contributed by atoms with Gasteiger partial charge in [0.05, 0.1) is 2.43 Å². The second kappa shape index (κ2) is 30.2. The molecule has 0 aliphatic heterocycles. The lowest BCUT2D eigenvalue weighted by Crippen LogP contribution is -1.89. The summed E-state index contributed by atoms with van der Waals surface area (Å²) < 4.78 is 5.12. The normalized spacial score (nSPS) is 5.92. The molecule has 72 valence electrons. The van der Waals surface area contributed by atoms with Crippen LogP contribution in [0.2, 0.25) is 0 Å². The first-order valence-corrected chi connectivity index (χ1v) is 5.80. The van der Waals surface area contributed by atoms with E-state index in [1.807, 2.05) is 0 Å². The van der Waals surface area contributed by atoms with Crippen molar-refractivity contribution in [3.8, 4) is 0 Å². The van der Waals surface area contributed by atoms with Crippen LogP contribution >= 0.6 is 45.2 Å². The van der Waals surface area contributed by atoms with Crippen LogP contribution in [0.25, 0.3) is 0 Å². The first-order chi connectivity index (χ1) is 5.74. The van der Waals surface area contributed by atoms with Gasteiger partial charge in [-0.1, -0.05) is 45.2 Å². The fourth-order valence-electron chi connectivity index (χ4n) is 0.0786. The molecule has 4 nitrogen and oxygen atoms in total. The minimum absolute atomic E-state index is 0.135. The Balaban J connectivity index is -0.000000115. The largest absolute Gasteiger partial charge is 0.460 e. The molecule has 0 aliphatic carbocycles. The van der Waals surface area contributed by atoms with Crippen molar-refractivity contribution in [2.45, 2.75) is 6.92 Å². The fourth-order valence-corrected chi connectivity index (χ4v) is 0.0786. The van der Waals surface area contributed by atoms with Crippen molar-refractivity contribution < 1.29 is 19.1 Å². The van der Waals surface area contributed by atoms with Crippen LogP contribution in [-0.2, 0) is 19.1 Å². The molecule has 0 atom stereocenters. The zero-order valence-electron chi connectivity index (χ0n) is 6.54. The molecule has 0 unspecified atom stereocenters. The summed E-state index contributed by atoms with van der Waals surface area (Å²) in [6.07, 6.45) is 1.26. The zero-order chi connectivity index (χ0) is 10.2. The van der Waals surface area contributed by atoms with E-state index in [0.29, 0.717) is 6.29 Å². The van der Waals surface area contributed by atoms with E-state index in [-0.39, 0.29) is 13.1 Å². The number of hydrogen-bond acceptors (Lipinski definition) is 4. The molecular formula is C6H10I2O4. The van der Waals surface area contributed by atoms with Crippen LogP contribution in [0.5, 0.6) is 0 Å². The average molecular weight is 400 g/mol. The van der Waals surface area contributed by atoms with Gasteiger partial charge < -0.3 is 9.53 Å². The molecule has 0 radical (unpaired) electrons. The highest BCUT2D eigenvalue weighted by Gasteiger charge is 1.70. The summed E-state index contributed by atoms with van der Waals surface area (Å²) in [6, 6.07) is 0. The smallest absolute Gasteiger partial charge is 0.293 e. The number of ether oxygens (including phenoxy) is 1. The predicted molar refractivity (Wildman–Crippen MR) is 62.7 cm³/mol. The SMILES string of the molecule is CC=O.ICI.O=CCOC=O. The number of carbonyl (C=O) groups excluding carboxylic acids is 3. The van der Waals surface area contributed by atoms with Crippen molar-refractivity contribution in [2.75, 3.05) is 9.04 Å². The van der Waals surface area contributed by atoms with Gasteiger partial charge in [-0.3, -0.25) is 9.59 Å². The Morgan fingerprint density at radius 1 is 1.25 bits per heavy atom. The fraction of sp³-hybridized carbons (Fsp3) is 0.500. The van der Waals surface area contributed by atoms with Gasteiger partial charge in [0, 0.05) is 0 Å². The Kier molecular flexibility index (Phi) is 45.7. The van der Waals surface area contributed by atoms with Gasteiger partial charge in [0.25, 0.3) is 6.47 Å². The van der Waals surface area contributed by atoms with Crippen LogP contribution in [0.4, 0.5) is 0 Å². The third-order valence-electron chi connectivity index (χ3n) is 0.232. The molecule has 0 fully saturated rings. The molecule has 0 bridgehead atoms. The highest BCUT2D eigenvalue weighted by Crippen LogP contribution is 1.86. The Hall–Kier alpha value is 0.270. The van der Waals surface area contributed by atoms with E-state index < -0.39 is 0 Å². The molecule has 6 heteroatoms. The van der Waals surface area contributed by atoms with Crippen LogP contribution in [0.3, 0.4) is 0 Å². The molecule has 0 rings (SSSR count). The lowest BCUT2D eigenvalue weighted by atomic mass is 10.8. The van der Waals surface area contributed by atoms with Gasteiger partial charge in [-0.25, -0.2) is 0 Å². The van der Waals surface area contributed by atoms with Crippen LogP contribution in [-0.4, -0.2) is 28.1 Å². The Labute approximate surface area is 98.7 Å². The van der Waals surface area contributed by atoms with Crippen molar-refractivity contribution in [1.82, 2.24) is 0 Å². The molecule has 0 spiro atoms. The van der Waals surface area contributed by atoms with Crippen LogP contribution in [0.15, 0.2) is 0 Å². The summed E-state index contributed by atoms with van der Waals surface area (Å²) in [6.45, 7) is 1.54. The summed E-state index contributed by atoms with van der Waals surface area (Å²) in [5.41, 5.74) is 0. The van der Waals surface area contributed by atoms with E-state index in [9.17, 15) is 9.59 Å². The molecule has 0 N–H and O–H groups in total. The Morgan fingerprint density at radius 3 is 1.67 bits per heavy atom. The number of hydrogen-bond donors (Lipinski definition) is 0. The van der Waals surface area contributed by atoms with Crippen LogP contribution < -0.4 is 0 Å². The van der Waals surface area contributed by atoms with E-state index in [4.69, 9.17) is 4.79 Å². The predicted octanol–water partition coefficient (Wildman–Crippen LogP) is 1.38. The van der Waals surface area contributed by atoms with E-state index in [1.165, 1.54) is 9.36 Å². The Bertz CT molecular complexity index is 89.5. The van der Waals surface area contributed by atoms with Crippen molar-refractivity contribution in [1.29, 1.82) is 0 Å². The Morgan fingerprint density at radius 2 is 1.58 bits per heavy atom. The molecule has 0 aromatic heterocycles. The highest BCUT2D eigenvalue weighted by molar-refractivity contribution is 14.2. The van der Waals surface area contributed by atoms with Gasteiger partial charge in [0.2, 0.25) is 0 Å². The molecule has 0 aromatic rings. The van der Waals surface area contributed by atoms with E-state index >= 15 is 0 Å². The molecule has 0 heterocycles. The zero-order valence-corrected chi connectivity index (χ0v) is 10.9. The minimum Gasteiger partial charge on any atom is -0.460 e. The molecule has 0 amide bonds. The van der Waals surface area contributed by atoms with Gasteiger partial charge in [-0.05, 0) is 6.92 Å². The topological polar surface area (TPSA) is 60.4 Å². The number of alkyl halides is 2. The molecule has 0 aliphatic rings. The first kappa shape index (κ1) is 18.1. The summed E-state index contributed by atoms with van der Waals surface area (Å²) in [7, 11) is 0. The molecule has 0 saturated heterocycles. The second-order valence-electron chi connectivity index (χ2n) is 0.933. The lowest BCUT2D eigenvalue weighted by Gasteiger charge is -1.79. The highest BCUT2D eigenvalue weighted by atomic mass is 127. The van der Waals surface area contributed by atoms with Gasteiger partial charge in [0.1, 0.15) is 12.9 Å². The molecular weight excluding hydrogens is 390 g/mol. The van der Waals surface area contributed by atoms with Gasteiger partial charge in [-0.2, -0.15) is 0 Å². The van der Waals surface area contributed by atoms with Crippen LogP contribution in [0, 0.1) is 0 Å². The van der Waals surface area contributed by atoms with Crippen LogP contribution in [0.1, 0.15) is 6.92 Å². The van der Waals surface area contributed by atoms with Gasteiger partial charge in [-0.15, -0.1) is 0 Å². The third-order valence-corrected chi connectivity index (χ3v) is 0.232. The quantitative estimate of drug-likeness (QED) is 0.311. The van der Waals surface area contributed by atoms with E-state index in [2.05, 4.69) is 49.9 Å². The maximum absolute atomic E-state index is 9.28. The van der Waals surface area contributed by atoms with Crippen molar-refractivity contribution in [3.05, 3.63) is 0 Å². The molecule has 12 heavy (non-hydrogen) atoms. The maximum Gasteiger partial charge on any atom is 0.293 e. The molecule has 0 saturated carbocycles. The number of rotatable bonds is 3. The van der Waals surface area contributed by atoms with Gasteiger partial charge >= 0.3 is 0 Å². The number of halogens is 2. The monoisotopic (exact) mass is 400 g/mol. The van der Waals surface area contributed by atoms with Gasteiger partial charge in [0.15, 0.2) is 6.29 Å². The van der Waals surface area contributed by atoms with E-state index in [0.717, 1.165) is 6.29 Å². The van der Waals surface area contributed by atoms with Crippen molar-refractivity contribution in [2.24, 2.45) is 0 Å². The maximum atomic E-state index is 9.28. The standard InChI is InChI=1S/C3H4O3.C2H4O.CH2I2/c4-1-2-6-3-5;1-2-3;2-1-3/h1,3H,2H2;2H,1H3;1H2. The average Bonchev–Trinajstić information content (AvgIpc) is 2.04. The summed E-state index contributed by atoms with van der Waals surface area (Å²) >= 11 is 4.55. The summed E-state index contributed by atoms with van der Waals surface area (Å²) in [5.74, 6) is 0. The first-order valence-electron chi connectivity index (χ1n) is 2.75. The molecule has 0 aromatic carbocycles. The second-order valence-corrected chi connectivity index (χ2v) is 5.38. The lowest BCUT2D eigenvalue weighted by molar-refractivity contribution is -0.132. The number of aldehydes is 2. The van der Waals surface area contributed by atoms with Crippen molar-refractivity contribution >= 4 is 64.2 Å². The minimum atomic E-state index is -0.135. The number of carbonyl (C=O) groups is 3. The summed E-state index contributed by atoms with van der Waals surface area (Å²) in [5, 5.41) is 0. The third kappa shape index (κ3) is 82.5. The van der Waals surface area contributed by atoms with Crippen molar-refractivity contribution in [3.63, 3.8) is 0 Å².